The van der Waals surface area contributed by atoms with Crippen molar-refractivity contribution < 1.29 is 4.39 Å². The van der Waals surface area contributed by atoms with E-state index >= 15 is 0 Å². The molecule has 27 heavy (non-hydrogen) atoms. The number of anilines is 2. The molecule has 2 aromatic rings. The Labute approximate surface area is 159 Å². The highest BCUT2D eigenvalue weighted by Gasteiger charge is 2.22. The summed E-state index contributed by atoms with van der Waals surface area (Å²) < 4.78 is 14.0. The van der Waals surface area contributed by atoms with Crippen LogP contribution in [-0.2, 0) is 0 Å². The summed E-state index contributed by atoms with van der Waals surface area (Å²) in [5.74, 6) is 4.71. The summed E-state index contributed by atoms with van der Waals surface area (Å²) in [4.78, 5) is 4.52. The summed E-state index contributed by atoms with van der Waals surface area (Å²) in [5.41, 5.74) is 12.2. The first-order valence-corrected chi connectivity index (χ1v) is 9.11. The number of H-pyrrole nitrogens is 1. The van der Waals surface area contributed by atoms with E-state index < -0.39 is 5.82 Å². The molecule has 3 rings (SSSR count). The van der Waals surface area contributed by atoms with Gasteiger partial charge in [-0.15, -0.1) is 5.10 Å². The number of nitrogens with two attached hydrogens (primary N) is 2. The number of aromatic amines is 1. The molecule has 148 valence electrons. The summed E-state index contributed by atoms with van der Waals surface area (Å²) in [6.07, 6.45) is 0. The molecule has 0 saturated carbocycles. The van der Waals surface area contributed by atoms with Crippen LogP contribution in [0.15, 0.2) is 23.3 Å². The molecule has 1 aromatic carbocycles. The second-order valence-electron chi connectivity index (χ2n) is 6.05. The third-order valence-corrected chi connectivity index (χ3v) is 4.46. The standard InChI is InChI=1S/C16H23FN8.C2H6/c1-10-15(11(2)21-20-10)25-7-5-24(6-8-25)12-3-4-14(17)13(9-12)16(18)22-23-19;1-2/h3-4,9,23H,5-8,19H2,1-2H3,(H2,18,22)(H,20,21);1-2H3. The van der Waals surface area contributed by atoms with Crippen LogP contribution in [0.1, 0.15) is 30.8 Å². The van der Waals surface area contributed by atoms with Crippen molar-refractivity contribution in [3.05, 3.63) is 41.0 Å². The molecule has 2 heterocycles. The predicted molar refractivity (Wildman–Crippen MR) is 108 cm³/mol. The van der Waals surface area contributed by atoms with Gasteiger partial charge in [0.1, 0.15) is 5.82 Å². The monoisotopic (exact) mass is 376 g/mol. The fourth-order valence-corrected chi connectivity index (χ4v) is 3.24. The van der Waals surface area contributed by atoms with E-state index in [2.05, 4.69) is 30.6 Å². The Balaban J connectivity index is 0.00000126. The van der Waals surface area contributed by atoms with Gasteiger partial charge in [-0.05, 0) is 32.0 Å². The lowest BCUT2D eigenvalue weighted by Gasteiger charge is -2.37. The smallest absolute Gasteiger partial charge is 0.155 e. The molecule has 0 unspecified atom stereocenters. The topological polar surface area (TPSA) is 112 Å². The predicted octanol–water partition coefficient (Wildman–Crippen LogP) is 1.60. The number of aromatic nitrogens is 2. The first-order chi connectivity index (χ1) is 13.0. The van der Waals surface area contributed by atoms with Gasteiger partial charge in [0, 0.05) is 31.9 Å². The highest BCUT2D eigenvalue weighted by Crippen LogP contribution is 2.26. The zero-order chi connectivity index (χ0) is 20.0. The number of hydrogen-bond acceptors (Lipinski definition) is 6. The van der Waals surface area contributed by atoms with Gasteiger partial charge >= 0.3 is 0 Å². The number of aryl methyl sites for hydroxylation is 2. The maximum Gasteiger partial charge on any atom is 0.155 e. The molecule has 1 saturated heterocycles. The summed E-state index contributed by atoms with van der Waals surface area (Å²) in [6, 6.07) is 4.86. The van der Waals surface area contributed by atoms with Gasteiger partial charge < -0.3 is 15.5 Å². The van der Waals surface area contributed by atoms with Crippen LogP contribution in [0.25, 0.3) is 0 Å². The maximum atomic E-state index is 14.0. The number of halogens is 1. The number of hydrogen-bond donors (Lipinski definition) is 4. The van der Waals surface area contributed by atoms with E-state index in [0.717, 1.165) is 43.3 Å². The number of benzene rings is 1. The van der Waals surface area contributed by atoms with Crippen LogP contribution in [-0.4, -0.2) is 42.2 Å². The third kappa shape index (κ3) is 4.48. The molecule has 8 nitrogen and oxygen atoms in total. The highest BCUT2D eigenvalue weighted by molar-refractivity contribution is 5.98. The first-order valence-electron chi connectivity index (χ1n) is 9.11. The minimum atomic E-state index is -0.427. The van der Waals surface area contributed by atoms with Crippen LogP contribution in [0.2, 0.25) is 0 Å². The van der Waals surface area contributed by atoms with Crippen molar-refractivity contribution in [3.8, 4) is 0 Å². The lowest BCUT2D eigenvalue weighted by molar-refractivity contribution is 0.621. The summed E-state index contributed by atoms with van der Waals surface area (Å²) >= 11 is 0. The second kappa shape index (κ2) is 9.22. The zero-order valence-electron chi connectivity index (χ0n) is 16.4. The second-order valence-corrected chi connectivity index (χ2v) is 6.05. The molecule has 0 radical (unpaired) electrons. The zero-order valence-corrected chi connectivity index (χ0v) is 16.4. The van der Waals surface area contributed by atoms with Crippen LogP contribution in [0, 0.1) is 19.7 Å². The largest absolute Gasteiger partial charge is 0.382 e. The van der Waals surface area contributed by atoms with Crippen LogP contribution in [0.4, 0.5) is 15.8 Å². The maximum absolute atomic E-state index is 14.0. The van der Waals surface area contributed by atoms with E-state index in [0.29, 0.717) is 0 Å². The summed E-state index contributed by atoms with van der Waals surface area (Å²) in [5, 5.41) is 10.9. The van der Waals surface area contributed by atoms with E-state index in [1.165, 1.54) is 11.8 Å². The van der Waals surface area contributed by atoms with Gasteiger partial charge in [-0.2, -0.15) is 5.10 Å². The minimum Gasteiger partial charge on any atom is -0.382 e. The fourth-order valence-electron chi connectivity index (χ4n) is 3.24. The lowest BCUT2D eigenvalue weighted by Crippen LogP contribution is -2.47. The third-order valence-electron chi connectivity index (χ3n) is 4.46. The molecule has 6 N–H and O–H groups in total. The van der Waals surface area contributed by atoms with Gasteiger partial charge in [-0.25, -0.2) is 15.8 Å². The van der Waals surface area contributed by atoms with Gasteiger partial charge in [-0.1, -0.05) is 13.8 Å². The Morgan fingerprint density at radius 2 is 1.81 bits per heavy atom. The molecule has 0 aliphatic carbocycles. The van der Waals surface area contributed by atoms with Gasteiger partial charge in [0.15, 0.2) is 5.84 Å². The van der Waals surface area contributed by atoms with Gasteiger partial charge in [0.2, 0.25) is 0 Å². The van der Waals surface area contributed by atoms with E-state index in [1.807, 2.05) is 27.7 Å². The number of piperazine rings is 1. The van der Waals surface area contributed by atoms with E-state index in [4.69, 9.17) is 11.6 Å². The Hall–Kier alpha value is -2.81. The minimum absolute atomic E-state index is 0.0186. The normalized spacial score (nSPS) is 14.7. The Kier molecular flexibility index (Phi) is 7.00. The van der Waals surface area contributed by atoms with Crippen molar-refractivity contribution in [3.63, 3.8) is 0 Å². The number of amidine groups is 1. The molecular weight excluding hydrogens is 347 g/mol. The van der Waals surface area contributed by atoms with E-state index in [-0.39, 0.29) is 11.4 Å². The van der Waals surface area contributed by atoms with Crippen molar-refractivity contribution in [2.24, 2.45) is 16.7 Å². The number of rotatable bonds is 4. The molecule has 9 heteroatoms. The van der Waals surface area contributed by atoms with Gasteiger partial charge in [0.25, 0.3) is 0 Å². The molecular formula is C18H29FN8. The lowest BCUT2D eigenvalue weighted by atomic mass is 10.1. The average molecular weight is 376 g/mol. The molecule has 1 aromatic heterocycles. The molecule has 0 spiro atoms. The number of hydrazine groups is 1. The Bertz CT molecular complexity index is 758. The molecule has 1 aliphatic rings. The SMILES string of the molecule is CC.Cc1n[nH]c(C)c1N1CCN(c2ccc(F)c(/C(N)=N/NN)c2)CC1. The average Bonchev–Trinajstić information content (AvgIpc) is 3.02. The number of nitrogens with zero attached hydrogens (tertiary/aromatic N) is 4. The molecule has 0 amide bonds. The van der Waals surface area contributed by atoms with E-state index in [1.54, 1.807) is 12.1 Å². The van der Waals surface area contributed by atoms with Crippen LogP contribution in [0.5, 0.6) is 0 Å². The molecule has 1 fully saturated rings. The van der Waals surface area contributed by atoms with Gasteiger partial charge in [0.05, 0.1) is 22.6 Å². The summed E-state index contributed by atoms with van der Waals surface area (Å²) in [7, 11) is 0. The van der Waals surface area contributed by atoms with Crippen molar-refractivity contribution in [2.45, 2.75) is 27.7 Å². The van der Waals surface area contributed by atoms with Crippen LogP contribution >= 0.6 is 0 Å². The van der Waals surface area contributed by atoms with Gasteiger partial charge in [-0.3, -0.25) is 5.10 Å². The van der Waals surface area contributed by atoms with E-state index in [9.17, 15) is 4.39 Å². The van der Waals surface area contributed by atoms with Crippen molar-refractivity contribution >= 4 is 17.2 Å². The summed E-state index contributed by atoms with van der Waals surface area (Å²) in [6.45, 7) is 11.4. The number of hydrazone groups is 1. The quantitative estimate of drug-likeness (QED) is 0.279. The molecule has 1 aliphatic heterocycles. The Morgan fingerprint density at radius 1 is 1.19 bits per heavy atom. The van der Waals surface area contributed by atoms with Crippen molar-refractivity contribution in [1.82, 2.24) is 15.7 Å². The molecule has 0 atom stereocenters. The highest BCUT2D eigenvalue weighted by atomic mass is 19.1. The fraction of sp³-hybridized carbons (Fsp3) is 0.444. The molecule has 0 bridgehead atoms. The van der Waals surface area contributed by atoms with Crippen molar-refractivity contribution in [1.29, 1.82) is 0 Å². The van der Waals surface area contributed by atoms with Crippen LogP contribution < -0.4 is 26.9 Å². The Morgan fingerprint density at radius 3 is 2.37 bits per heavy atom. The van der Waals surface area contributed by atoms with Crippen molar-refractivity contribution in [2.75, 3.05) is 36.0 Å². The van der Waals surface area contributed by atoms with Crippen LogP contribution in [0.3, 0.4) is 0 Å². The number of nitrogens with one attached hydrogen (secondary N) is 2. The first kappa shape index (κ1) is 20.5.